The molecule has 2 aromatic carbocycles. The number of ether oxygens (including phenoxy) is 2. The summed E-state index contributed by atoms with van der Waals surface area (Å²) in [6.45, 7) is 9.24. The molecule has 4 rings (SSSR count). The number of esters is 1. The number of aromatic nitrogens is 1. The highest BCUT2D eigenvalue weighted by Crippen LogP contribution is 2.44. The Hall–Kier alpha value is -3.95. The summed E-state index contributed by atoms with van der Waals surface area (Å²) in [5.74, 6) is -2.07. The fourth-order valence-electron chi connectivity index (χ4n) is 4.12. The number of halogens is 1. The van der Waals surface area contributed by atoms with Crippen molar-refractivity contribution in [3.05, 3.63) is 93.0 Å². The Morgan fingerprint density at radius 2 is 1.92 bits per heavy atom. The van der Waals surface area contributed by atoms with Gasteiger partial charge in [0.15, 0.2) is 5.13 Å². The van der Waals surface area contributed by atoms with Crippen LogP contribution in [0.3, 0.4) is 0 Å². The molecule has 1 fully saturated rings. The second kappa shape index (κ2) is 11.2. The monoisotopic (exact) mass is 552 g/mol. The quantitative estimate of drug-likeness (QED) is 0.124. The van der Waals surface area contributed by atoms with Crippen molar-refractivity contribution in [2.45, 2.75) is 26.8 Å². The molecule has 196 valence electrons. The second-order valence-corrected chi connectivity index (χ2v) is 9.85. The standard InChI is InChI=1S/C28H25ClN2O6S/c1-5-13-37-20-12-9-18(14-15(20)3)23(32)21-22(17-7-10-19(29)11-8-17)31(26(34)24(21)33)28-30-16(4)25(38-28)27(35)36-6-2/h5,7-12,14,22,32H,1,6,13H2,2-4H3/b23-21+. The molecule has 1 aliphatic heterocycles. The third-order valence-electron chi connectivity index (χ3n) is 5.89. The summed E-state index contributed by atoms with van der Waals surface area (Å²) in [7, 11) is 0. The van der Waals surface area contributed by atoms with Crippen LogP contribution in [0.5, 0.6) is 5.75 Å². The van der Waals surface area contributed by atoms with Gasteiger partial charge in [0.05, 0.1) is 23.9 Å². The number of carbonyl (C=O) groups excluding carboxylic acids is 3. The van der Waals surface area contributed by atoms with E-state index in [0.29, 0.717) is 34.2 Å². The first-order valence-corrected chi connectivity index (χ1v) is 12.9. The van der Waals surface area contributed by atoms with Gasteiger partial charge in [0, 0.05) is 10.6 Å². The van der Waals surface area contributed by atoms with Gasteiger partial charge in [0.1, 0.15) is 23.0 Å². The first-order valence-electron chi connectivity index (χ1n) is 11.7. The SMILES string of the molecule is C=CCOc1ccc(/C(O)=C2\C(=O)C(=O)N(c3nc(C)c(C(=O)OCC)s3)C2c2ccc(Cl)cc2)cc1C. The van der Waals surface area contributed by atoms with Crippen LogP contribution in [0.1, 0.15) is 45.0 Å². The molecule has 3 aromatic rings. The summed E-state index contributed by atoms with van der Waals surface area (Å²) in [4.78, 5) is 45.0. The van der Waals surface area contributed by atoms with Gasteiger partial charge in [-0.05, 0) is 62.2 Å². The molecule has 10 heteroatoms. The number of ketones is 1. The molecule has 0 radical (unpaired) electrons. The van der Waals surface area contributed by atoms with Crippen molar-refractivity contribution in [1.82, 2.24) is 4.98 Å². The molecular formula is C28H25ClN2O6S. The van der Waals surface area contributed by atoms with E-state index < -0.39 is 23.7 Å². The number of hydrogen-bond donors (Lipinski definition) is 1. The Bertz CT molecular complexity index is 1460. The molecule has 1 unspecified atom stereocenters. The summed E-state index contributed by atoms with van der Waals surface area (Å²) in [5.41, 5.74) is 1.85. The Morgan fingerprint density at radius 1 is 1.21 bits per heavy atom. The maximum atomic E-state index is 13.4. The van der Waals surface area contributed by atoms with Gasteiger partial charge in [-0.1, -0.05) is 47.7 Å². The number of aryl methyl sites for hydroxylation is 2. The molecule has 0 spiro atoms. The van der Waals surface area contributed by atoms with Crippen molar-refractivity contribution in [3.8, 4) is 5.75 Å². The van der Waals surface area contributed by atoms with E-state index in [9.17, 15) is 19.5 Å². The number of amides is 1. The van der Waals surface area contributed by atoms with Crippen LogP contribution in [0.25, 0.3) is 5.76 Å². The molecule has 1 saturated heterocycles. The molecule has 1 aliphatic rings. The molecule has 0 bridgehead atoms. The Kier molecular flexibility index (Phi) is 7.99. The third-order valence-corrected chi connectivity index (χ3v) is 7.28. The van der Waals surface area contributed by atoms with Crippen LogP contribution in [0.4, 0.5) is 5.13 Å². The second-order valence-electron chi connectivity index (χ2n) is 8.43. The predicted molar refractivity (Wildman–Crippen MR) is 146 cm³/mol. The Balaban J connectivity index is 1.87. The average molecular weight is 553 g/mol. The van der Waals surface area contributed by atoms with E-state index in [1.54, 1.807) is 69.3 Å². The molecule has 8 nitrogen and oxygen atoms in total. The molecular weight excluding hydrogens is 528 g/mol. The van der Waals surface area contributed by atoms with E-state index in [1.165, 1.54) is 4.90 Å². The number of aliphatic hydroxyl groups is 1. The van der Waals surface area contributed by atoms with Gasteiger partial charge in [0.25, 0.3) is 5.78 Å². The van der Waals surface area contributed by atoms with Crippen molar-refractivity contribution >= 4 is 51.5 Å². The van der Waals surface area contributed by atoms with Gasteiger partial charge >= 0.3 is 11.9 Å². The topological polar surface area (TPSA) is 106 Å². The van der Waals surface area contributed by atoms with E-state index >= 15 is 0 Å². The van der Waals surface area contributed by atoms with E-state index in [0.717, 1.165) is 16.9 Å². The van der Waals surface area contributed by atoms with E-state index in [-0.39, 0.29) is 27.9 Å². The van der Waals surface area contributed by atoms with Crippen molar-refractivity contribution in [3.63, 3.8) is 0 Å². The molecule has 38 heavy (non-hydrogen) atoms. The normalized spacial score (nSPS) is 16.5. The minimum absolute atomic E-state index is 0.109. The van der Waals surface area contributed by atoms with Crippen molar-refractivity contribution in [2.24, 2.45) is 0 Å². The number of anilines is 1. The van der Waals surface area contributed by atoms with E-state index in [2.05, 4.69) is 11.6 Å². The predicted octanol–water partition coefficient (Wildman–Crippen LogP) is 5.78. The highest BCUT2D eigenvalue weighted by molar-refractivity contribution is 7.17. The van der Waals surface area contributed by atoms with Crippen LogP contribution in [-0.4, -0.2) is 41.0 Å². The highest BCUT2D eigenvalue weighted by atomic mass is 35.5. The fraction of sp³-hybridized carbons (Fsp3) is 0.214. The highest BCUT2D eigenvalue weighted by Gasteiger charge is 2.48. The maximum Gasteiger partial charge on any atom is 0.350 e. The van der Waals surface area contributed by atoms with Gasteiger partial charge < -0.3 is 14.6 Å². The van der Waals surface area contributed by atoms with Crippen LogP contribution < -0.4 is 9.64 Å². The zero-order valence-corrected chi connectivity index (χ0v) is 22.6. The smallest absolute Gasteiger partial charge is 0.350 e. The molecule has 1 N–H and O–H groups in total. The third kappa shape index (κ3) is 5.07. The lowest BCUT2D eigenvalue weighted by Gasteiger charge is -2.23. The van der Waals surface area contributed by atoms with E-state index in [1.807, 2.05) is 0 Å². The number of carbonyl (C=O) groups is 3. The lowest BCUT2D eigenvalue weighted by Crippen LogP contribution is -2.29. The number of thiazole rings is 1. The molecule has 0 saturated carbocycles. The van der Waals surface area contributed by atoms with Crippen LogP contribution >= 0.6 is 22.9 Å². The number of rotatable bonds is 8. The Morgan fingerprint density at radius 3 is 2.55 bits per heavy atom. The van der Waals surface area contributed by atoms with Crippen LogP contribution in [0.15, 0.2) is 60.7 Å². The van der Waals surface area contributed by atoms with Crippen LogP contribution in [-0.2, 0) is 14.3 Å². The lowest BCUT2D eigenvalue weighted by atomic mass is 9.95. The number of nitrogens with zero attached hydrogens (tertiary/aromatic N) is 2. The molecule has 1 aromatic heterocycles. The zero-order chi connectivity index (χ0) is 27.6. The van der Waals surface area contributed by atoms with Crippen LogP contribution in [0.2, 0.25) is 5.02 Å². The van der Waals surface area contributed by atoms with Gasteiger partial charge in [-0.3, -0.25) is 14.5 Å². The minimum Gasteiger partial charge on any atom is -0.507 e. The van der Waals surface area contributed by atoms with Crippen molar-refractivity contribution in [2.75, 3.05) is 18.1 Å². The summed E-state index contributed by atoms with van der Waals surface area (Å²) in [6, 6.07) is 10.5. The lowest BCUT2D eigenvalue weighted by molar-refractivity contribution is -0.132. The number of benzene rings is 2. The van der Waals surface area contributed by atoms with Gasteiger partial charge in [-0.2, -0.15) is 0 Å². The van der Waals surface area contributed by atoms with Gasteiger partial charge in [-0.25, -0.2) is 9.78 Å². The average Bonchev–Trinajstić information content (AvgIpc) is 3.40. The molecule has 1 amide bonds. The Labute approximate surface area is 228 Å². The van der Waals surface area contributed by atoms with Gasteiger partial charge in [0.2, 0.25) is 0 Å². The molecule has 2 heterocycles. The summed E-state index contributed by atoms with van der Waals surface area (Å²) in [6.07, 6.45) is 1.62. The summed E-state index contributed by atoms with van der Waals surface area (Å²) in [5, 5.41) is 12.0. The first-order chi connectivity index (χ1) is 18.2. The summed E-state index contributed by atoms with van der Waals surface area (Å²) >= 11 is 7.04. The fourth-order valence-corrected chi connectivity index (χ4v) is 5.24. The van der Waals surface area contributed by atoms with E-state index in [4.69, 9.17) is 21.1 Å². The minimum atomic E-state index is -1.01. The van der Waals surface area contributed by atoms with Crippen LogP contribution in [0, 0.1) is 13.8 Å². The van der Waals surface area contributed by atoms with Gasteiger partial charge in [-0.15, -0.1) is 0 Å². The first kappa shape index (κ1) is 27.1. The largest absolute Gasteiger partial charge is 0.507 e. The van der Waals surface area contributed by atoms with Crippen molar-refractivity contribution in [1.29, 1.82) is 0 Å². The zero-order valence-electron chi connectivity index (χ0n) is 21.0. The summed E-state index contributed by atoms with van der Waals surface area (Å²) < 4.78 is 10.7. The molecule has 0 aliphatic carbocycles. The number of Topliss-reactive ketones (excluding diaryl/α,β-unsaturated/α-hetero) is 1. The molecule has 1 atom stereocenters. The maximum absolute atomic E-state index is 13.4. The number of hydrogen-bond acceptors (Lipinski definition) is 8. The van der Waals surface area contributed by atoms with Crippen molar-refractivity contribution < 1.29 is 29.0 Å². The number of aliphatic hydroxyl groups excluding tert-OH is 1.